The third-order valence-corrected chi connectivity index (χ3v) is 8.88. The van der Waals surface area contributed by atoms with Gasteiger partial charge in [0, 0.05) is 17.2 Å². The lowest BCUT2D eigenvalue weighted by Crippen LogP contribution is -2.49. The van der Waals surface area contributed by atoms with E-state index in [1.54, 1.807) is 29.1 Å². The van der Waals surface area contributed by atoms with Crippen molar-refractivity contribution in [2.45, 2.75) is 38.8 Å². The minimum Gasteiger partial charge on any atom is -0.494 e. The Morgan fingerprint density at radius 2 is 1.90 bits per heavy atom. The van der Waals surface area contributed by atoms with Gasteiger partial charge in [0.05, 0.1) is 36.5 Å². The average molecular weight is 570 g/mol. The Kier molecular flexibility index (Phi) is 6.54. The van der Waals surface area contributed by atoms with Crippen molar-refractivity contribution in [3.05, 3.63) is 88.8 Å². The molecule has 1 unspecified atom stereocenters. The van der Waals surface area contributed by atoms with Crippen LogP contribution in [0.3, 0.4) is 0 Å². The van der Waals surface area contributed by atoms with Crippen molar-refractivity contribution in [3.63, 3.8) is 0 Å². The average Bonchev–Trinajstić information content (AvgIpc) is 3.33. The predicted molar refractivity (Wildman–Crippen MR) is 143 cm³/mol. The van der Waals surface area contributed by atoms with Crippen LogP contribution in [0.5, 0.6) is 5.75 Å². The maximum atomic E-state index is 14.3. The maximum Gasteiger partial charge on any atom is 0.392 e. The quantitative estimate of drug-likeness (QED) is 0.266. The summed E-state index contributed by atoms with van der Waals surface area (Å²) >= 11 is 0. The molecular formula is C31H28F5N3O2. The minimum atomic E-state index is -4.58. The number of fused-ring (bicyclic) bond motifs is 4. The van der Waals surface area contributed by atoms with Crippen LogP contribution in [0, 0.1) is 34.8 Å². The second kappa shape index (κ2) is 9.85. The molecule has 0 saturated heterocycles. The fraction of sp³-hybridized carbons (Fsp3) is 0.355. The number of ether oxygens (including phenoxy) is 1. The molecule has 2 aromatic carbocycles. The molecule has 5 nitrogen and oxygen atoms in total. The molecule has 1 amide bonds. The van der Waals surface area contributed by atoms with Gasteiger partial charge in [-0.15, -0.1) is 0 Å². The first kappa shape index (κ1) is 27.2. The van der Waals surface area contributed by atoms with Gasteiger partial charge in [-0.3, -0.25) is 4.79 Å². The molecule has 1 saturated carbocycles. The van der Waals surface area contributed by atoms with E-state index in [0.717, 1.165) is 28.5 Å². The lowest BCUT2D eigenvalue weighted by atomic mass is 9.54. The van der Waals surface area contributed by atoms with E-state index in [-0.39, 0.29) is 23.7 Å². The molecule has 41 heavy (non-hydrogen) atoms. The number of hydrogen-bond acceptors (Lipinski definition) is 3. The first-order valence-electron chi connectivity index (χ1n) is 13.4. The highest BCUT2D eigenvalue weighted by Gasteiger charge is 2.56. The molecule has 1 aromatic heterocycles. The lowest BCUT2D eigenvalue weighted by Gasteiger charge is -2.50. The van der Waals surface area contributed by atoms with Crippen molar-refractivity contribution in [2.24, 2.45) is 23.2 Å². The highest BCUT2D eigenvalue weighted by Crippen LogP contribution is 2.59. The number of allylic oxidation sites excluding steroid dienone is 3. The van der Waals surface area contributed by atoms with Crippen LogP contribution in [0.4, 0.5) is 27.6 Å². The summed E-state index contributed by atoms with van der Waals surface area (Å²) in [4.78, 5) is 13.5. The number of alkyl halides is 3. The number of carbonyl (C=O) groups is 1. The molecule has 6 rings (SSSR count). The number of amides is 1. The number of halogens is 5. The predicted octanol–water partition coefficient (Wildman–Crippen LogP) is 7.28. The van der Waals surface area contributed by atoms with Gasteiger partial charge in [0.1, 0.15) is 5.82 Å². The van der Waals surface area contributed by atoms with Crippen molar-refractivity contribution in [2.75, 3.05) is 12.4 Å². The largest absolute Gasteiger partial charge is 0.494 e. The molecule has 0 spiro atoms. The van der Waals surface area contributed by atoms with Gasteiger partial charge in [0.2, 0.25) is 5.91 Å². The van der Waals surface area contributed by atoms with Crippen molar-refractivity contribution < 1.29 is 31.5 Å². The molecule has 3 aromatic rings. The Labute approximate surface area is 233 Å². The molecule has 3 aliphatic rings. The van der Waals surface area contributed by atoms with Crippen LogP contribution in [-0.4, -0.2) is 29.0 Å². The van der Waals surface area contributed by atoms with E-state index in [2.05, 4.69) is 10.4 Å². The summed E-state index contributed by atoms with van der Waals surface area (Å²) in [5, 5.41) is 7.07. The number of carbonyl (C=O) groups excluding carboxylic acids is 1. The van der Waals surface area contributed by atoms with Crippen LogP contribution in [0.15, 0.2) is 65.9 Å². The molecule has 10 heteroatoms. The topological polar surface area (TPSA) is 56.1 Å². The van der Waals surface area contributed by atoms with Crippen LogP contribution < -0.4 is 10.1 Å². The van der Waals surface area contributed by atoms with Crippen LogP contribution in [0.2, 0.25) is 0 Å². The fourth-order valence-electron chi connectivity index (χ4n) is 6.90. The molecule has 0 bridgehead atoms. The molecular weight excluding hydrogens is 541 g/mol. The summed E-state index contributed by atoms with van der Waals surface area (Å²) in [5.74, 6) is -5.72. The number of benzene rings is 2. The zero-order chi connectivity index (χ0) is 29.1. The smallest absolute Gasteiger partial charge is 0.392 e. The van der Waals surface area contributed by atoms with Gasteiger partial charge in [0.25, 0.3) is 0 Å². The Balaban J connectivity index is 1.34. The second-order valence-corrected chi connectivity index (χ2v) is 11.2. The number of hydrogen-bond donors (Lipinski definition) is 1. The standard InChI is InChI=1S/C31H28F5N3O2/c1-30-15-17-16-37-39(21-7-4-19(32)5-8-21)26(17)13-18(30)3-9-22-23(30)10-11-24(31(34,35)36)28(22)29(40)38-20-6-12-27(41-2)25(33)14-20/h4-8,10,12-14,16,22,24,28H,3,9,11,15H2,1-2H3,(H,38,40)/t22-,24+,28?,30-/m0/s1. The molecule has 1 fully saturated rings. The molecule has 0 aliphatic heterocycles. The normalized spacial score (nSPS) is 25.3. The van der Waals surface area contributed by atoms with Crippen molar-refractivity contribution in [3.8, 4) is 11.4 Å². The lowest BCUT2D eigenvalue weighted by molar-refractivity contribution is -0.196. The molecule has 0 radical (unpaired) electrons. The van der Waals surface area contributed by atoms with Crippen LogP contribution in [0.1, 0.15) is 37.4 Å². The van der Waals surface area contributed by atoms with E-state index in [4.69, 9.17) is 4.74 Å². The molecule has 214 valence electrons. The highest BCUT2D eigenvalue weighted by molar-refractivity contribution is 5.93. The van der Waals surface area contributed by atoms with Gasteiger partial charge in [-0.1, -0.05) is 24.1 Å². The van der Waals surface area contributed by atoms with Gasteiger partial charge < -0.3 is 10.1 Å². The monoisotopic (exact) mass is 569 g/mol. The summed E-state index contributed by atoms with van der Waals surface area (Å²) in [6, 6.07) is 9.79. The van der Waals surface area contributed by atoms with Gasteiger partial charge in [-0.05, 0) is 79.6 Å². The summed E-state index contributed by atoms with van der Waals surface area (Å²) in [5.41, 5.74) is 3.89. The Morgan fingerprint density at radius 3 is 2.59 bits per heavy atom. The van der Waals surface area contributed by atoms with Crippen LogP contribution in [0.25, 0.3) is 11.8 Å². The van der Waals surface area contributed by atoms with Gasteiger partial charge >= 0.3 is 6.18 Å². The van der Waals surface area contributed by atoms with E-state index in [0.29, 0.717) is 24.9 Å². The van der Waals surface area contributed by atoms with Crippen LogP contribution in [-0.2, 0) is 11.2 Å². The zero-order valence-electron chi connectivity index (χ0n) is 22.4. The zero-order valence-corrected chi connectivity index (χ0v) is 22.4. The van der Waals surface area contributed by atoms with Gasteiger partial charge in [0.15, 0.2) is 11.6 Å². The number of rotatable bonds is 4. The first-order chi connectivity index (χ1) is 19.5. The van der Waals surface area contributed by atoms with Gasteiger partial charge in [-0.2, -0.15) is 18.3 Å². The third-order valence-electron chi connectivity index (χ3n) is 8.88. The SMILES string of the molecule is COc1ccc(NC(=O)C2[C@H](C(F)(F)F)CC=C3[C@@H]2CCC2=Cc4c(cnn4-c4ccc(F)cc4)C[C@@]23C)cc1F. The van der Waals surface area contributed by atoms with Crippen molar-refractivity contribution >= 4 is 17.7 Å². The molecule has 3 aliphatic carbocycles. The number of aromatic nitrogens is 2. The van der Waals surface area contributed by atoms with E-state index >= 15 is 0 Å². The summed E-state index contributed by atoms with van der Waals surface area (Å²) < 4.78 is 77.3. The van der Waals surface area contributed by atoms with E-state index < -0.39 is 41.1 Å². The van der Waals surface area contributed by atoms with Crippen LogP contribution >= 0.6 is 0 Å². The number of methoxy groups -OCH3 is 1. The molecule has 1 heterocycles. The number of nitrogens with one attached hydrogen (secondary N) is 1. The van der Waals surface area contributed by atoms with Crippen molar-refractivity contribution in [1.82, 2.24) is 9.78 Å². The Bertz CT molecular complexity index is 1570. The summed E-state index contributed by atoms with van der Waals surface area (Å²) in [7, 11) is 1.30. The van der Waals surface area contributed by atoms with Crippen molar-refractivity contribution in [1.29, 1.82) is 0 Å². The first-order valence-corrected chi connectivity index (χ1v) is 13.4. The number of anilines is 1. The third kappa shape index (κ3) is 4.63. The Hall–Kier alpha value is -3.95. The second-order valence-electron chi connectivity index (χ2n) is 11.2. The van der Waals surface area contributed by atoms with E-state index in [1.807, 2.05) is 13.0 Å². The Morgan fingerprint density at radius 1 is 1.15 bits per heavy atom. The van der Waals surface area contributed by atoms with Gasteiger partial charge in [-0.25, -0.2) is 13.5 Å². The highest BCUT2D eigenvalue weighted by atomic mass is 19.4. The van der Waals surface area contributed by atoms with E-state index in [1.165, 1.54) is 31.4 Å². The minimum absolute atomic E-state index is 0.0296. The summed E-state index contributed by atoms with van der Waals surface area (Å²) in [6.07, 6.45) is 1.97. The molecule has 1 N–H and O–H groups in total. The number of nitrogens with zero attached hydrogens (tertiary/aromatic N) is 2. The molecule has 4 atom stereocenters. The van der Waals surface area contributed by atoms with E-state index in [9.17, 15) is 26.7 Å². The summed E-state index contributed by atoms with van der Waals surface area (Å²) in [6.45, 7) is 2.02. The maximum absolute atomic E-state index is 14.3. The fourth-order valence-corrected chi connectivity index (χ4v) is 6.90.